The maximum Gasteiger partial charge on any atom is 0.0727 e. The Morgan fingerprint density at radius 2 is 2.12 bits per heavy atom. The van der Waals surface area contributed by atoms with Crippen LogP contribution < -0.4 is 0 Å². The summed E-state index contributed by atoms with van der Waals surface area (Å²) in [7, 11) is 0. The van der Waals surface area contributed by atoms with Crippen molar-refractivity contribution < 1.29 is 5.11 Å². The van der Waals surface area contributed by atoms with Crippen molar-refractivity contribution >= 4 is 5.71 Å². The standard InChI is InChI=1S/C14H25NO/c1-5-11(9-16)15-12-8-10-6-7-14(12,4)13(10,2)3/h10-11,16H,5-9H2,1-4H3/t10-,11-,14+/m1/s1. The van der Waals surface area contributed by atoms with Crippen molar-refractivity contribution in [1.82, 2.24) is 0 Å². The van der Waals surface area contributed by atoms with Gasteiger partial charge < -0.3 is 5.11 Å². The minimum absolute atomic E-state index is 0.127. The Morgan fingerprint density at radius 3 is 2.50 bits per heavy atom. The van der Waals surface area contributed by atoms with Crippen LogP contribution in [0.2, 0.25) is 0 Å². The number of rotatable bonds is 3. The van der Waals surface area contributed by atoms with Gasteiger partial charge in [0.1, 0.15) is 0 Å². The average molecular weight is 223 g/mol. The van der Waals surface area contributed by atoms with Gasteiger partial charge in [-0.3, -0.25) is 4.99 Å². The van der Waals surface area contributed by atoms with Gasteiger partial charge >= 0.3 is 0 Å². The molecule has 92 valence electrons. The van der Waals surface area contributed by atoms with Gasteiger partial charge in [-0.1, -0.05) is 27.7 Å². The molecule has 1 N–H and O–H groups in total. The SMILES string of the molecule is CC[C@H](CO)N=C1C[C@H]2CC[C@]1(C)C2(C)C. The summed E-state index contributed by atoms with van der Waals surface area (Å²) in [4.78, 5) is 4.83. The van der Waals surface area contributed by atoms with E-state index in [0.717, 1.165) is 12.3 Å². The van der Waals surface area contributed by atoms with E-state index in [9.17, 15) is 5.11 Å². The summed E-state index contributed by atoms with van der Waals surface area (Å²) < 4.78 is 0. The zero-order valence-electron chi connectivity index (χ0n) is 11.1. The second-order valence-electron chi connectivity index (χ2n) is 6.31. The van der Waals surface area contributed by atoms with E-state index in [2.05, 4.69) is 27.7 Å². The van der Waals surface area contributed by atoms with Crippen molar-refractivity contribution in [2.45, 2.75) is 59.4 Å². The Morgan fingerprint density at radius 1 is 1.44 bits per heavy atom. The van der Waals surface area contributed by atoms with E-state index < -0.39 is 0 Å². The molecule has 2 aliphatic carbocycles. The Labute approximate surface area is 99.2 Å². The van der Waals surface area contributed by atoms with E-state index in [1.807, 2.05) is 0 Å². The molecule has 16 heavy (non-hydrogen) atoms. The van der Waals surface area contributed by atoms with Gasteiger partial charge in [0.25, 0.3) is 0 Å². The number of aliphatic hydroxyl groups is 1. The maximum atomic E-state index is 9.26. The number of hydrogen-bond acceptors (Lipinski definition) is 2. The largest absolute Gasteiger partial charge is 0.394 e. The van der Waals surface area contributed by atoms with Crippen LogP contribution in [0.25, 0.3) is 0 Å². The summed E-state index contributed by atoms with van der Waals surface area (Å²) >= 11 is 0. The summed E-state index contributed by atoms with van der Waals surface area (Å²) in [5.74, 6) is 0.812. The highest BCUT2D eigenvalue weighted by Crippen LogP contribution is 2.64. The van der Waals surface area contributed by atoms with Crippen LogP contribution in [-0.2, 0) is 0 Å². The number of nitrogens with zero attached hydrogens (tertiary/aromatic N) is 1. The van der Waals surface area contributed by atoms with Gasteiger partial charge in [0.15, 0.2) is 0 Å². The molecule has 2 rings (SSSR count). The Balaban J connectivity index is 2.27. The first-order valence-corrected chi connectivity index (χ1v) is 6.63. The van der Waals surface area contributed by atoms with Gasteiger partial charge in [0, 0.05) is 11.1 Å². The summed E-state index contributed by atoms with van der Waals surface area (Å²) in [6.45, 7) is 9.47. The molecular formula is C14H25NO. The molecule has 0 heterocycles. The van der Waals surface area contributed by atoms with Crippen molar-refractivity contribution in [3.63, 3.8) is 0 Å². The third-order valence-electron chi connectivity index (χ3n) is 5.53. The van der Waals surface area contributed by atoms with Gasteiger partial charge in [-0.15, -0.1) is 0 Å². The average Bonchev–Trinajstić information content (AvgIpc) is 2.58. The van der Waals surface area contributed by atoms with Crippen molar-refractivity contribution in [1.29, 1.82) is 0 Å². The molecule has 0 radical (unpaired) electrons. The highest BCUT2D eigenvalue weighted by molar-refractivity contribution is 5.94. The molecule has 0 saturated heterocycles. The quantitative estimate of drug-likeness (QED) is 0.783. The van der Waals surface area contributed by atoms with Crippen LogP contribution in [0.4, 0.5) is 0 Å². The number of aliphatic imine (C=N–C) groups is 1. The fourth-order valence-electron chi connectivity index (χ4n) is 3.61. The lowest BCUT2D eigenvalue weighted by Gasteiger charge is -2.35. The van der Waals surface area contributed by atoms with Gasteiger partial charge in [-0.25, -0.2) is 0 Å². The summed E-state index contributed by atoms with van der Waals surface area (Å²) in [5, 5.41) is 9.26. The molecule has 2 nitrogen and oxygen atoms in total. The summed E-state index contributed by atoms with van der Waals surface area (Å²) in [5.41, 5.74) is 2.08. The first-order chi connectivity index (χ1) is 7.45. The van der Waals surface area contributed by atoms with Crippen LogP contribution >= 0.6 is 0 Å². The lowest BCUT2D eigenvalue weighted by atomic mass is 9.70. The van der Waals surface area contributed by atoms with Crippen LogP contribution in [0, 0.1) is 16.7 Å². The van der Waals surface area contributed by atoms with Crippen molar-refractivity contribution in [3.05, 3.63) is 0 Å². The van der Waals surface area contributed by atoms with Crippen LogP contribution in [0.3, 0.4) is 0 Å². The number of hydrogen-bond donors (Lipinski definition) is 1. The van der Waals surface area contributed by atoms with E-state index in [0.29, 0.717) is 10.8 Å². The first kappa shape index (κ1) is 12.1. The van der Waals surface area contributed by atoms with E-state index in [4.69, 9.17) is 4.99 Å². The zero-order valence-corrected chi connectivity index (χ0v) is 11.1. The second-order valence-corrected chi connectivity index (χ2v) is 6.31. The maximum absolute atomic E-state index is 9.26. The molecule has 0 amide bonds. The lowest BCUT2D eigenvalue weighted by molar-refractivity contribution is 0.193. The molecule has 2 fully saturated rings. The minimum atomic E-state index is 0.127. The third-order valence-corrected chi connectivity index (χ3v) is 5.53. The fraction of sp³-hybridized carbons (Fsp3) is 0.929. The normalized spacial score (nSPS) is 40.6. The minimum Gasteiger partial charge on any atom is -0.394 e. The molecule has 2 aliphatic rings. The van der Waals surface area contributed by atoms with Crippen molar-refractivity contribution in [2.75, 3.05) is 6.61 Å². The molecule has 3 atom stereocenters. The lowest BCUT2D eigenvalue weighted by Crippen LogP contribution is -2.33. The summed E-state index contributed by atoms with van der Waals surface area (Å²) in [6, 6.07) is 0.127. The van der Waals surface area contributed by atoms with Gasteiger partial charge in [-0.05, 0) is 37.0 Å². The molecule has 0 aromatic rings. The highest BCUT2D eigenvalue weighted by atomic mass is 16.3. The topological polar surface area (TPSA) is 32.6 Å². The molecule has 2 saturated carbocycles. The first-order valence-electron chi connectivity index (χ1n) is 6.63. The third kappa shape index (κ3) is 1.46. The molecule has 2 bridgehead atoms. The fourth-order valence-corrected chi connectivity index (χ4v) is 3.61. The monoisotopic (exact) mass is 223 g/mol. The number of aliphatic hydroxyl groups excluding tert-OH is 1. The van der Waals surface area contributed by atoms with Crippen molar-refractivity contribution in [2.24, 2.45) is 21.7 Å². The van der Waals surface area contributed by atoms with E-state index in [1.54, 1.807) is 0 Å². The Kier molecular flexibility index (Phi) is 2.90. The molecular weight excluding hydrogens is 198 g/mol. The van der Waals surface area contributed by atoms with E-state index in [1.165, 1.54) is 25.0 Å². The van der Waals surface area contributed by atoms with Gasteiger partial charge in [0.05, 0.1) is 12.6 Å². The smallest absolute Gasteiger partial charge is 0.0727 e. The zero-order chi connectivity index (χ0) is 12.0. The predicted molar refractivity (Wildman–Crippen MR) is 67.8 cm³/mol. The van der Waals surface area contributed by atoms with Crippen LogP contribution in [0.1, 0.15) is 53.4 Å². The van der Waals surface area contributed by atoms with Gasteiger partial charge in [0.2, 0.25) is 0 Å². The van der Waals surface area contributed by atoms with E-state index in [-0.39, 0.29) is 12.6 Å². The van der Waals surface area contributed by atoms with E-state index >= 15 is 0 Å². The van der Waals surface area contributed by atoms with Crippen molar-refractivity contribution in [3.8, 4) is 0 Å². The van der Waals surface area contributed by atoms with Crippen LogP contribution in [0.5, 0.6) is 0 Å². The highest BCUT2D eigenvalue weighted by Gasteiger charge is 2.59. The molecule has 0 aromatic carbocycles. The summed E-state index contributed by atoms with van der Waals surface area (Å²) in [6.07, 6.45) is 4.75. The Hall–Kier alpha value is -0.370. The molecule has 2 heteroatoms. The molecule has 0 aromatic heterocycles. The number of fused-ring (bicyclic) bond motifs is 2. The second kappa shape index (κ2) is 3.83. The van der Waals surface area contributed by atoms with Gasteiger partial charge in [-0.2, -0.15) is 0 Å². The predicted octanol–water partition coefficient (Wildman–Crippen LogP) is 3.04. The van der Waals surface area contributed by atoms with Crippen LogP contribution in [0.15, 0.2) is 4.99 Å². The molecule has 0 aliphatic heterocycles. The molecule has 0 unspecified atom stereocenters. The Bertz CT molecular complexity index is 304. The molecule has 0 spiro atoms. The van der Waals surface area contributed by atoms with Crippen LogP contribution in [-0.4, -0.2) is 23.5 Å².